The predicted octanol–water partition coefficient (Wildman–Crippen LogP) is 6.97. The van der Waals surface area contributed by atoms with Crippen molar-refractivity contribution in [2.45, 2.75) is 52.7 Å². The first-order valence-corrected chi connectivity index (χ1v) is 12.8. The van der Waals surface area contributed by atoms with E-state index in [-0.39, 0.29) is 27.4 Å². The number of nitrogens with zero attached hydrogens (tertiary/aromatic N) is 6. The van der Waals surface area contributed by atoms with E-state index < -0.39 is 28.3 Å². The van der Waals surface area contributed by atoms with Gasteiger partial charge < -0.3 is 9.47 Å². The quantitative estimate of drug-likeness (QED) is 0.187. The summed E-state index contributed by atoms with van der Waals surface area (Å²) in [6, 6.07) is 8.95. The number of nitro benzene ring substituents is 1. The number of carbonyl (C=O) groups is 2. The smallest absolute Gasteiger partial charge is 0.435 e. The molecule has 2 aromatic heterocycles. The van der Waals surface area contributed by atoms with Crippen LogP contribution in [0, 0.1) is 10.1 Å². The minimum atomic E-state index is -0.846. The average Bonchev–Trinajstić information content (AvgIpc) is 3.47. The van der Waals surface area contributed by atoms with Crippen molar-refractivity contribution in [1.82, 2.24) is 19.1 Å². The van der Waals surface area contributed by atoms with Crippen LogP contribution in [0.3, 0.4) is 0 Å². The summed E-state index contributed by atoms with van der Waals surface area (Å²) in [7, 11) is 0. The first-order chi connectivity index (χ1) is 18.1. The van der Waals surface area contributed by atoms with Gasteiger partial charge in [-0.1, -0.05) is 23.7 Å². The Bertz CT molecular complexity index is 1590. The molecule has 0 spiro atoms. The highest BCUT2D eigenvalue weighted by atomic mass is 35.5. The molecule has 0 atom stereocenters. The van der Waals surface area contributed by atoms with Crippen molar-refractivity contribution in [2.75, 3.05) is 4.90 Å². The van der Waals surface area contributed by atoms with E-state index in [1.807, 2.05) is 0 Å². The van der Waals surface area contributed by atoms with Crippen molar-refractivity contribution in [3.05, 3.63) is 57.7 Å². The van der Waals surface area contributed by atoms with E-state index in [1.54, 1.807) is 53.7 Å². The number of fused-ring (bicyclic) bond motifs is 1. The molecule has 0 aliphatic heterocycles. The molecular formula is C25H25ClN6O6S. The summed E-state index contributed by atoms with van der Waals surface area (Å²) in [6.07, 6.45) is -0.0615. The molecule has 0 aliphatic carbocycles. The third-order valence-corrected chi connectivity index (χ3v) is 6.07. The second kappa shape index (κ2) is 10.2. The van der Waals surface area contributed by atoms with Crippen LogP contribution in [0.2, 0.25) is 5.02 Å². The number of amides is 1. The van der Waals surface area contributed by atoms with Gasteiger partial charge in [0.2, 0.25) is 5.13 Å². The highest BCUT2D eigenvalue weighted by Crippen LogP contribution is 2.39. The van der Waals surface area contributed by atoms with Crippen molar-refractivity contribution in [2.24, 2.45) is 0 Å². The van der Waals surface area contributed by atoms with Crippen LogP contribution in [0.5, 0.6) is 0 Å². The summed E-state index contributed by atoms with van der Waals surface area (Å²) in [4.78, 5) is 42.4. The summed E-state index contributed by atoms with van der Waals surface area (Å²) in [5.41, 5.74) is -0.720. The lowest BCUT2D eigenvalue weighted by Crippen LogP contribution is -2.34. The molecule has 4 aromatic rings. The number of hydrogen-bond acceptors (Lipinski definition) is 10. The van der Waals surface area contributed by atoms with E-state index in [4.69, 9.17) is 21.1 Å². The van der Waals surface area contributed by atoms with Crippen LogP contribution < -0.4 is 4.90 Å². The zero-order chi connectivity index (χ0) is 28.7. The van der Waals surface area contributed by atoms with Gasteiger partial charge in [0, 0.05) is 34.6 Å². The van der Waals surface area contributed by atoms with Crippen molar-refractivity contribution in [1.29, 1.82) is 0 Å². The molecule has 0 radical (unpaired) electrons. The number of halogens is 1. The summed E-state index contributed by atoms with van der Waals surface area (Å²) in [5, 5.41) is 16.0. The fraction of sp³-hybridized carbons (Fsp3) is 0.320. The van der Waals surface area contributed by atoms with Gasteiger partial charge in [0.15, 0.2) is 5.82 Å². The Kier molecular flexibility index (Phi) is 7.32. The molecule has 39 heavy (non-hydrogen) atoms. The Morgan fingerprint density at radius 1 is 1.08 bits per heavy atom. The zero-order valence-corrected chi connectivity index (χ0v) is 23.5. The lowest BCUT2D eigenvalue weighted by molar-refractivity contribution is -0.384. The van der Waals surface area contributed by atoms with Crippen LogP contribution >= 0.6 is 23.1 Å². The molecule has 0 N–H and O–H groups in total. The third-order valence-electron chi connectivity index (χ3n) is 4.97. The van der Waals surface area contributed by atoms with Gasteiger partial charge in [-0.2, -0.15) is 19.1 Å². The maximum Gasteiger partial charge on any atom is 0.435 e. The minimum absolute atomic E-state index is 0.111. The van der Waals surface area contributed by atoms with Gasteiger partial charge >= 0.3 is 12.2 Å². The molecule has 2 heterocycles. The topological polar surface area (TPSA) is 143 Å². The lowest BCUT2D eigenvalue weighted by Gasteiger charge is -2.26. The number of benzene rings is 2. The number of ether oxygens (including phenoxy) is 2. The highest BCUT2D eigenvalue weighted by molar-refractivity contribution is 7.10. The maximum absolute atomic E-state index is 13.4. The van der Waals surface area contributed by atoms with Crippen LogP contribution in [0.15, 0.2) is 42.6 Å². The van der Waals surface area contributed by atoms with E-state index in [2.05, 4.69) is 14.5 Å². The standard InChI is InChI=1S/C25H25ClN6O6S/c1-24(2,3)37-22(33)30(21-28-20(29-39-21)14-8-7-9-15(12-14)32(35)36)18-11-10-17-16(19(18)26)13-27-31(17)23(34)38-25(4,5)6/h7-13H,1-6H3. The van der Waals surface area contributed by atoms with Gasteiger partial charge in [0.05, 0.1) is 27.3 Å². The Balaban J connectivity index is 1.80. The first-order valence-electron chi connectivity index (χ1n) is 11.7. The Morgan fingerprint density at radius 3 is 2.41 bits per heavy atom. The van der Waals surface area contributed by atoms with Crippen molar-refractivity contribution in [3.63, 3.8) is 0 Å². The largest absolute Gasteiger partial charge is 0.443 e. The molecule has 4 rings (SSSR count). The number of non-ortho nitro benzene ring substituents is 1. The molecule has 0 saturated heterocycles. The molecular weight excluding hydrogens is 548 g/mol. The molecule has 14 heteroatoms. The molecule has 0 unspecified atom stereocenters. The highest BCUT2D eigenvalue weighted by Gasteiger charge is 2.31. The molecule has 12 nitrogen and oxygen atoms in total. The van der Waals surface area contributed by atoms with Crippen LogP contribution in [-0.4, -0.2) is 47.4 Å². The fourth-order valence-corrected chi connectivity index (χ4v) is 4.44. The van der Waals surface area contributed by atoms with E-state index >= 15 is 0 Å². The second-order valence-corrected chi connectivity index (χ2v) is 11.5. The minimum Gasteiger partial charge on any atom is -0.443 e. The molecule has 0 bridgehead atoms. The van der Waals surface area contributed by atoms with Gasteiger partial charge in [0.25, 0.3) is 5.69 Å². The maximum atomic E-state index is 13.4. The number of aromatic nitrogens is 4. The van der Waals surface area contributed by atoms with Gasteiger partial charge in [-0.3, -0.25) is 10.1 Å². The average molecular weight is 573 g/mol. The van der Waals surface area contributed by atoms with E-state index in [1.165, 1.54) is 30.5 Å². The van der Waals surface area contributed by atoms with Gasteiger partial charge in [-0.25, -0.2) is 14.5 Å². The predicted molar refractivity (Wildman–Crippen MR) is 147 cm³/mol. The Hall–Kier alpha value is -4.10. The van der Waals surface area contributed by atoms with Crippen molar-refractivity contribution in [3.8, 4) is 11.4 Å². The van der Waals surface area contributed by atoms with Crippen LogP contribution in [0.4, 0.5) is 26.1 Å². The van der Waals surface area contributed by atoms with E-state index in [9.17, 15) is 19.7 Å². The van der Waals surface area contributed by atoms with Gasteiger partial charge in [-0.15, -0.1) is 0 Å². The van der Waals surface area contributed by atoms with Crippen molar-refractivity contribution < 1.29 is 24.0 Å². The number of hydrogen-bond donors (Lipinski definition) is 0. The van der Waals surface area contributed by atoms with Crippen LogP contribution in [0.25, 0.3) is 22.3 Å². The monoisotopic (exact) mass is 572 g/mol. The molecule has 2 aromatic carbocycles. The van der Waals surface area contributed by atoms with Gasteiger partial charge in [-0.05, 0) is 53.7 Å². The zero-order valence-electron chi connectivity index (χ0n) is 22.0. The van der Waals surface area contributed by atoms with Crippen LogP contribution in [-0.2, 0) is 9.47 Å². The van der Waals surface area contributed by atoms with E-state index in [0.717, 1.165) is 21.1 Å². The first kappa shape index (κ1) is 27.9. The summed E-state index contributed by atoms with van der Waals surface area (Å²) >= 11 is 7.65. The number of nitro groups is 1. The molecule has 204 valence electrons. The Morgan fingerprint density at radius 2 is 1.77 bits per heavy atom. The van der Waals surface area contributed by atoms with E-state index in [0.29, 0.717) is 16.5 Å². The fourth-order valence-electron chi connectivity index (χ4n) is 3.45. The molecule has 1 amide bonds. The summed E-state index contributed by atoms with van der Waals surface area (Å²) < 4.78 is 16.4. The number of anilines is 2. The number of rotatable bonds is 4. The second-order valence-electron chi connectivity index (χ2n) is 10.4. The SMILES string of the molecule is CC(C)(C)OC(=O)N(c1nc(-c2cccc([N+](=O)[O-])c2)ns1)c1ccc2c(cnn2C(=O)OC(C)(C)C)c1Cl. The lowest BCUT2D eigenvalue weighted by atomic mass is 10.2. The van der Waals surface area contributed by atoms with Crippen LogP contribution in [0.1, 0.15) is 41.5 Å². The normalized spacial score (nSPS) is 11.9. The number of carbonyl (C=O) groups excluding carboxylic acids is 2. The molecule has 0 fully saturated rings. The molecule has 0 saturated carbocycles. The molecule has 0 aliphatic rings. The van der Waals surface area contributed by atoms with Crippen molar-refractivity contribution >= 4 is 62.7 Å². The van der Waals surface area contributed by atoms with Gasteiger partial charge in [0.1, 0.15) is 11.2 Å². The third kappa shape index (κ3) is 6.15. The summed E-state index contributed by atoms with van der Waals surface area (Å²) in [5.74, 6) is 0.183. The Labute approximate surface area is 232 Å². The summed E-state index contributed by atoms with van der Waals surface area (Å²) in [6.45, 7) is 10.4.